The quantitative estimate of drug-likeness (QED) is 0.552. The molecule has 3 rings (SSSR count). The van der Waals surface area contributed by atoms with Crippen molar-refractivity contribution in [1.82, 2.24) is 19.9 Å². The molecule has 0 amide bonds. The highest BCUT2D eigenvalue weighted by atomic mass is 16.1. The third-order valence-electron chi connectivity index (χ3n) is 2.25. The van der Waals surface area contributed by atoms with Crippen molar-refractivity contribution < 1.29 is 0 Å². The molecule has 0 bridgehead atoms. The average molecular weight is 210 g/mol. The second-order valence-corrected chi connectivity index (χ2v) is 3.28. The summed E-state index contributed by atoms with van der Waals surface area (Å²) in [6.07, 6.45) is 2.80. The van der Waals surface area contributed by atoms with Crippen LogP contribution in [0.4, 0.5) is 0 Å². The maximum atomic E-state index is 11.8. The molecule has 0 saturated heterocycles. The van der Waals surface area contributed by atoms with Crippen molar-refractivity contribution >= 4 is 22.1 Å². The molecule has 16 heavy (non-hydrogen) atoms. The lowest BCUT2D eigenvalue weighted by molar-refractivity contribution is 1.19. The Kier molecular flexibility index (Phi) is 1.83. The lowest BCUT2D eigenvalue weighted by Gasteiger charge is -1.87. The molecule has 0 N–H and O–H groups in total. The Bertz CT molecular complexity index is 742. The van der Waals surface area contributed by atoms with Crippen LogP contribution in [-0.2, 0) is 0 Å². The first kappa shape index (κ1) is 8.84. The maximum absolute atomic E-state index is 11.8. The van der Waals surface area contributed by atoms with E-state index in [4.69, 9.17) is 0 Å². The minimum Gasteiger partial charge on any atom is -0.267 e. The van der Waals surface area contributed by atoms with Crippen LogP contribution in [0.5, 0.6) is 0 Å². The number of benzene rings is 1. The molecule has 0 aliphatic rings. The fourth-order valence-corrected chi connectivity index (χ4v) is 1.50. The maximum Gasteiger partial charge on any atom is 0.283 e. The number of nitrogens with zero attached hydrogens (tertiary/aromatic N) is 4. The largest absolute Gasteiger partial charge is 0.283 e. The number of hydrogen-bond donors (Lipinski definition) is 0. The molecule has 0 spiro atoms. The van der Waals surface area contributed by atoms with Gasteiger partial charge < -0.3 is 0 Å². The van der Waals surface area contributed by atoms with Crippen LogP contribution >= 0.6 is 0 Å². The Morgan fingerprint density at radius 3 is 2.56 bits per heavy atom. The molecule has 2 heterocycles. The summed E-state index contributed by atoms with van der Waals surface area (Å²) in [6, 6.07) is 7.20. The Hall–Kier alpha value is -2.43. The van der Waals surface area contributed by atoms with Crippen LogP contribution in [0, 0.1) is 0 Å². The topological polar surface area (TPSA) is 68.6 Å². The molecule has 0 radical (unpaired) electrons. The zero-order chi connectivity index (χ0) is 11.0. The molecule has 0 fully saturated rings. The summed E-state index contributed by atoms with van der Waals surface area (Å²) in [5.41, 5.74) is 1.22. The summed E-state index contributed by atoms with van der Waals surface area (Å²) in [6.45, 7) is 0. The van der Waals surface area contributed by atoms with Crippen LogP contribution in [0.25, 0.3) is 22.1 Å². The summed E-state index contributed by atoms with van der Waals surface area (Å²) in [5.74, 6) is 0. The van der Waals surface area contributed by atoms with Crippen LogP contribution in [-0.4, -0.2) is 19.9 Å². The zero-order valence-electron chi connectivity index (χ0n) is 8.16. The third-order valence-corrected chi connectivity index (χ3v) is 2.25. The molecule has 2 aromatic heterocycles. The molecule has 0 aliphatic carbocycles. The Labute approximate surface area is 89.8 Å². The molecular formula is C11H6N4O. The lowest BCUT2D eigenvalue weighted by atomic mass is 10.3. The van der Waals surface area contributed by atoms with Crippen LogP contribution in [0.3, 0.4) is 0 Å². The van der Waals surface area contributed by atoms with Crippen LogP contribution < -0.4 is 5.56 Å². The van der Waals surface area contributed by atoms with Gasteiger partial charge in [-0.3, -0.25) is 4.79 Å². The Morgan fingerprint density at radius 1 is 1.00 bits per heavy atom. The second-order valence-electron chi connectivity index (χ2n) is 3.28. The van der Waals surface area contributed by atoms with Gasteiger partial charge in [-0.25, -0.2) is 19.9 Å². The van der Waals surface area contributed by atoms with Crippen LogP contribution in [0.2, 0.25) is 0 Å². The first-order valence-corrected chi connectivity index (χ1v) is 4.71. The van der Waals surface area contributed by atoms with Gasteiger partial charge in [0.05, 0.1) is 11.0 Å². The van der Waals surface area contributed by atoms with E-state index in [1.807, 2.05) is 12.1 Å². The van der Waals surface area contributed by atoms with E-state index >= 15 is 0 Å². The minimum absolute atomic E-state index is 0.332. The molecule has 0 atom stereocenters. The van der Waals surface area contributed by atoms with Gasteiger partial charge in [0.1, 0.15) is 11.7 Å². The van der Waals surface area contributed by atoms with Gasteiger partial charge in [0.25, 0.3) is 5.56 Å². The summed E-state index contributed by atoms with van der Waals surface area (Å²) in [7, 11) is 0. The summed E-state index contributed by atoms with van der Waals surface area (Å²) in [4.78, 5) is 27.8. The highest BCUT2D eigenvalue weighted by Gasteiger charge is 2.02. The normalized spacial score (nSPS) is 10.8. The van der Waals surface area contributed by atoms with E-state index in [9.17, 15) is 4.79 Å². The van der Waals surface area contributed by atoms with Gasteiger partial charge in [0.2, 0.25) is 0 Å². The van der Waals surface area contributed by atoms with E-state index < -0.39 is 0 Å². The highest BCUT2D eigenvalue weighted by Crippen LogP contribution is 2.07. The SMILES string of the molecule is O=c1nc2ccccc2nc2ncncc12. The summed E-state index contributed by atoms with van der Waals surface area (Å²) in [5, 5.41) is 0.332. The minimum atomic E-state index is -0.357. The number of rotatable bonds is 0. The van der Waals surface area contributed by atoms with E-state index in [1.165, 1.54) is 12.5 Å². The van der Waals surface area contributed by atoms with E-state index in [-0.39, 0.29) is 5.56 Å². The molecule has 0 saturated carbocycles. The van der Waals surface area contributed by atoms with Crippen molar-refractivity contribution in [1.29, 1.82) is 0 Å². The summed E-state index contributed by atoms with van der Waals surface area (Å²) < 4.78 is 0. The molecule has 76 valence electrons. The van der Waals surface area contributed by atoms with Gasteiger partial charge in [-0.15, -0.1) is 0 Å². The van der Waals surface area contributed by atoms with Gasteiger partial charge in [-0.05, 0) is 12.1 Å². The van der Waals surface area contributed by atoms with E-state index in [1.54, 1.807) is 12.1 Å². The van der Waals surface area contributed by atoms with Crippen molar-refractivity contribution in [3.8, 4) is 0 Å². The van der Waals surface area contributed by atoms with Gasteiger partial charge in [0.15, 0.2) is 5.65 Å². The van der Waals surface area contributed by atoms with E-state index in [2.05, 4.69) is 19.9 Å². The molecule has 1 aromatic carbocycles. The fourth-order valence-electron chi connectivity index (χ4n) is 1.50. The Morgan fingerprint density at radius 2 is 1.75 bits per heavy atom. The van der Waals surface area contributed by atoms with Gasteiger partial charge >= 0.3 is 0 Å². The smallest absolute Gasteiger partial charge is 0.267 e. The monoisotopic (exact) mass is 210 g/mol. The third kappa shape index (κ3) is 1.30. The second kappa shape index (κ2) is 3.30. The first-order chi connectivity index (χ1) is 7.84. The Balaban J connectivity index is 2.65. The predicted octanol–water partition coefficient (Wildman–Crippen LogP) is 0.933. The van der Waals surface area contributed by atoms with Crippen molar-refractivity contribution in [3.63, 3.8) is 0 Å². The van der Waals surface area contributed by atoms with Crippen molar-refractivity contribution in [2.24, 2.45) is 0 Å². The van der Waals surface area contributed by atoms with E-state index in [0.717, 1.165) is 0 Å². The van der Waals surface area contributed by atoms with Crippen molar-refractivity contribution in [3.05, 3.63) is 47.1 Å². The first-order valence-electron chi connectivity index (χ1n) is 4.71. The van der Waals surface area contributed by atoms with Crippen LogP contribution in [0.1, 0.15) is 0 Å². The number of aromatic nitrogens is 4. The van der Waals surface area contributed by atoms with Crippen molar-refractivity contribution in [2.75, 3.05) is 0 Å². The highest BCUT2D eigenvalue weighted by molar-refractivity contribution is 5.80. The van der Waals surface area contributed by atoms with E-state index in [0.29, 0.717) is 22.1 Å². The molecule has 3 aromatic rings. The van der Waals surface area contributed by atoms with Gasteiger partial charge in [-0.1, -0.05) is 12.1 Å². The number of fused-ring (bicyclic) bond motifs is 2. The van der Waals surface area contributed by atoms with Crippen LogP contribution in [0.15, 0.2) is 41.6 Å². The molecule has 5 nitrogen and oxygen atoms in total. The number of hydrogen-bond acceptors (Lipinski definition) is 5. The standard InChI is InChI=1S/C11H6N4O/c16-11-7-5-12-6-13-10(7)14-8-3-1-2-4-9(8)15-11/h1-6H. The van der Waals surface area contributed by atoms with Gasteiger partial charge in [-0.2, -0.15) is 0 Å². The fraction of sp³-hybridized carbons (Fsp3) is 0. The number of para-hydroxylation sites is 2. The summed E-state index contributed by atoms with van der Waals surface area (Å²) >= 11 is 0. The lowest BCUT2D eigenvalue weighted by Crippen LogP contribution is -2.02. The predicted molar refractivity (Wildman–Crippen MR) is 58.9 cm³/mol. The average Bonchev–Trinajstić information content (AvgIpc) is 2.45. The molecular weight excluding hydrogens is 204 g/mol. The molecule has 0 aliphatic heterocycles. The molecule has 5 heteroatoms. The van der Waals surface area contributed by atoms with Gasteiger partial charge in [0, 0.05) is 6.20 Å². The van der Waals surface area contributed by atoms with Crippen molar-refractivity contribution in [2.45, 2.75) is 0 Å². The molecule has 0 unspecified atom stereocenters. The zero-order valence-corrected chi connectivity index (χ0v) is 8.16.